The first-order valence-corrected chi connectivity index (χ1v) is 6.29. The number of carbonyl (C=O) groups is 1. The van der Waals surface area contributed by atoms with Crippen molar-refractivity contribution in [2.24, 2.45) is 5.41 Å². The van der Waals surface area contributed by atoms with E-state index in [1.807, 2.05) is 7.05 Å². The Morgan fingerprint density at radius 1 is 1.29 bits per heavy atom. The summed E-state index contributed by atoms with van der Waals surface area (Å²) >= 11 is 0. The molecule has 0 aliphatic rings. The molecule has 4 heteroatoms. The zero-order valence-electron chi connectivity index (χ0n) is 11.9. The molecule has 0 radical (unpaired) electrons. The third-order valence-electron chi connectivity index (χ3n) is 2.57. The molecule has 0 aromatic carbocycles. The summed E-state index contributed by atoms with van der Waals surface area (Å²) in [6, 6.07) is 0.293. The molecule has 104 valence electrons. The van der Waals surface area contributed by atoms with Crippen LogP contribution in [0.1, 0.15) is 53.4 Å². The molecule has 0 aromatic rings. The van der Waals surface area contributed by atoms with Gasteiger partial charge in [-0.05, 0) is 45.2 Å². The van der Waals surface area contributed by atoms with E-state index in [2.05, 4.69) is 38.3 Å². The Morgan fingerprint density at radius 3 is 2.35 bits per heavy atom. The molecule has 0 aliphatic carbocycles. The van der Waals surface area contributed by atoms with Crippen molar-refractivity contribution in [3.8, 4) is 0 Å². The monoisotopic (exact) mass is 264 g/mol. The Bertz CT molecular complexity index is 202. The van der Waals surface area contributed by atoms with E-state index in [1.165, 1.54) is 0 Å². The summed E-state index contributed by atoms with van der Waals surface area (Å²) in [5, 5.41) is 6.09. The van der Waals surface area contributed by atoms with Crippen LogP contribution in [0.3, 0.4) is 0 Å². The van der Waals surface area contributed by atoms with Crippen molar-refractivity contribution >= 4 is 18.3 Å². The minimum absolute atomic E-state index is 0. The van der Waals surface area contributed by atoms with E-state index >= 15 is 0 Å². The maximum absolute atomic E-state index is 11.5. The van der Waals surface area contributed by atoms with Crippen LogP contribution in [0.4, 0.5) is 0 Å². The van der Waals surface area contributed by atoms with E-state index in [-0.39, 0.29) is 18.3 Å². The lowest BCUT2D eigenvalue weighted by Crippen LogP contribution is -2.33. The van der Waals surface area contributed by atoms with Gasteiger partial charge >= 0.3 is 0 Å². The van der Waals surface area contributed by atoms with Gasteiger partial charge in [0.25, 0.3) is 0 Å². The SMILES string of the molecule is CNCCCC(=O)NC(C)CCC(C)(C)C.Cl. The summed E-state index contributed by atoms with van der Waals surface area (Å²) in [6.07, 6.45) is 3.74. The number of hydrogen-bond acceptors (Lipinski definition) is 2. The van der Waals surface area contributed by atoms with Gasteiger partial charge < -0.3 is 10.6 Å². The quantitative estimate of drug-likeness (QED) is 0.695. The van der Waals surface area contributed by atoms with Crippen molar-refractivity contribution in [2.75, 3.05) is 13.6 Å². The molecule has 0 aromatic heterocycles. The Kier molecular flexibility index (Phi) is 10.9. The minimum Gasteiger partial charge on any atom is -0.354 e. The Balaban J connectivity index is 0. The van der Waals surface area contributed by atoms with Gasteiger partial charge in [-0.3, -0.25) is 4.79 Å². The van der Waals surface area contributed by atoms with Gasteiger partial charge in [-0.25, -0.2) is 0 Å². The smallest absolute Gasteiger partial charge is 0.220 e. The number of rotatable bonds is 7. The normalized spacial score (nSPS) is 12.8. The highest BCUT2D eigenvalue weighted by Crippen LogP contribution is 2.21. The lowest BCUT2D eigenvalue weighted by Gasteiger charge is -2.21. The fourth-order valence-electron chi connectivity index (χ4n) is 1.49. The van der Waals surface area contributed by atoms with Crippen LogP contribution in [-0.4, -0.2) is 25.5 Å². The molecule has 2 N–H and O–H groups in total. The average molecular weight is 265 g/mol. The Hall–Kier alpha value is -0.280. The largest absolute Gasteiger partial charge is 0.354 e. The second-order valence-electron chi connectivity index (χ2n) is 5.78. The predicted octanol–water partition coefficient (Wildman–Crippen LogP) is 2.74. The first-order valence-electron chi connectivity index (χ1n) is 6.29. The predicted molar refractivity (Wildman–Crippen MR) is 76.7 cm³/mol. The number of hydrogen-bond donors (Lipinski definition) is 2. The van der Waals surface area contributed by atoms with E-state index in [9.17, 15) is 4.79 Å². The zero-order chi connectivity index (χ0) is 12.6. The van der Waals surface area contributed by atoms with Crippen LogP contribution in [-0.2, 0) is 4.79 Å². The van der Waals surface area contributed by atoms with Crippen molar-refractivity contribution < 1.29 is 4.79 Å². The van der Waals surface area contributed by atoms with Gasteiger partial charge in [-0.2, -0.15) is 0 Å². The van der Waals surface area contributed by atoms with Gasteiger partial charge in [0, 0.05) is 12.5 Å². The van der Waals surface area contributed by atoms with Crippen molar-refractivity contribution in [2.45, 2.75) is 59.4 Å². The molecule has 1 unspecified atom stereocenters. The van der Waals surface area contributed by atoms with Crippen molar-refractivity contribution in [3.63, 3.8) is 0 Å². The van der Waals surface area contributed by atoms with Crippen LogP contribution < -0.4 is 10.6 Å². The second-order valence-corrected chi connectivity index (χ2v) is 5.78. The van der Waals surface area contributed by atoms with Gasteiger partial charge in [0.15, 0.2) is 0 Å². The van der Waals surface area contributed by atoms with Gasteiger partial charge in [0.05, 0.1) is 0 Å². The maximum atomic E-state index is 11.5. The maximum Gasteiger partial charge on any atom is 0.220 e. The molecule has 0 rings (SSSR count). The average Bonchev–Trinajstić information content (AvgIpc) is 2.14. The highest BCUT2D eigenvalue weighted by molar-refractivity contribution is 5.85. The molecule has 1 atom stereocenters. The van der Waals surface area contributed by atoms with E-state index in [1.54, 1.807) is 0 Å². The van der Waals surface area contributed by atoms with Gasteiger partial charge in [0.1, 0.15) is 0 Å². The molecule has 0 heterocycles. The first kappa shape index (κ1) is 19.1. The van der Waals surface area contributed by atoms with Crippen LogP contribution in [0, 0.1) is 5.41 Å². The molecule has 0 saturated carbocycles. The van der Waals surface area contributed by atoms with Gasteiger partial charge in [-0.15, -0.1) is 12.4 Å². The van der Waals surface area contributed by atoms with Crippen LogP contribution in [0.25, 0.3) is 0 Å². The second kappa shape index (κ2) is 9.72. The summed E-state index contributed by atoms with van der Waals surface area (Å²) in [6.45, 7) is 9.68. The van der Waals surface area contributed by atoms with Crippen LogP contribution in [0.5, 0.6) is 0 Å². The van der Waals surface area contributed by atoms with Gasteiger partial charge in [-0.1, -0.05) is 20.8 Å². The van der Waals surface area contributed by atoms with E-state index in [0.717, 1.165) is 25.8 Å². The third-order valence-corrected chi connectivity index (χ3v) is 2.57. The van der Waals surface area contributed by atoms with Crippen LogP contribution >= 0.6 is 12.4 Å². The van der Waals surface area contributed by atoms with Crippen molar-refractivity contribution in [3.05, 3.63) is 0 Å². The van der Waals surface area contributed by atoms with E-state index < -0.39 is 0 Å². The molecule has 0 aliphatic heterocycles. The Labute approximate surface area is 113 Å². The summed E-state index contributed by atoms with van der Waals surface area (Å²) in [5.74, 6) is 0.177. The summed E-state index contributed by atoms with van der Waals surface area (Å²) < 4.78 is 0. The fourth-order valence-corrected chi connectivity index (χ4v) is 1.49. The Morgan fingerprint density at radius 2 is 1.88 bits per heavy atom. The number of carbonyl (C=O) groups excluding carboxylic acids is 1. The van der Waals surface area contributed by atoms with E-state index in [0.29, 0.717) is 17.9 Å². The lowest BCUT2D eigenvalue weighted by molar-refractivity contribution is -0.121. The summed E-state index contributed by atoms with van der Waals surface area (Å²) in [4.78, 5) is 11.5. The zero-order valence-corrected chi connectivity index (χ0v) is 12.7. The van der Waals surface area contributed by atoms with Crippen LogP contribution in [0.15, 0.2) is 0 Å². The number of halogens is 1. The summed E-state index contributed by atoms with van der Waals surface area (Å²) in [5.41, 5.74) is 0.352. The summed E-state index contributed by atoms with van der Waals surface area (Å²) in [7, 11) is 1.91. The first-order chi connectivity index (χ1) is 7.35. The highest BCUT2D eigenvalue weighted by Gasteiger charge is 2.13. The molecule has 17 heavy (non-hydrogen) atoms. The van der Waals surface area contributed by atoms with Crippen molar-refractivity contribution in [1.82, 2.24) is 10.6 Å². The lowest BCUT2D eigenvalue weighted by atomic mass is 9.89. The third kappa shape index (κ3) is 13.7. The molecule has 0 saturated heterocycles. The molecular weight excluding hydrogens is 236 g/mol. The number of nitrogens with one attached hydrogen (secondary N) is 2. The molecule has 1 amide bonds. The number of amides is 1. The standard InChI is InChI=1S/C13H28N2O.ClH/c1-11(8-9-13(2,3)4)15-12(16)7-6-10-14-5;/h11,14H,6-10H2,1-5H3,(H,15,16);1H. The molecular formula is C13H29ClN2O. The molecule has 0 bridgehead atoms. The molecule has 0 fully saturated rings. The van der Waals surface area contributed by atoms with Gasteiger partial charge in [0.2, 0.25) is 5.91 Å². The molecule has 0 spiro atoms. The minimum atomic E-state index is 0. The fraction of sp³-hybridized carbons (Fsp3) is 0.923. The van der Waals surface area contributed by atoms with E-state index in [4.69, 9.17) is 0 Å². The topological polar surface area (TPSA) is 41.1 Å². The molecule has 3 nitrogen and oxygen atoms in total. The highest BCUT2D eigenvalue weighted by atomic mass is 35.5. The van der Waals surface area contributed by atoms with Crippen LogP contribution in [0.2, 0.25) is 0 Å². The van der Waals surface area contributed by atoms with Crippen molar-refractivity contribution in [1.29, 1.82) is 0 Å².